The first-order valence-electron chi connectivity index (χ1n) is 13.5. The number of benzene rings is 2. The van der Waals surface area contributed by atoms with Crippen LogP contribution in [0.1, 0.15) is 30.2 Å². The molecule has 2 saturated heterocycles. The standard InChI is InChI=1S/C30H35N5O3S2/c1-33(2)24-12-10-23(11-13-24)31-28(37)30(14-17-40-18-15-30)35(19-25-9-6-16-38-25)27(36)21-34-20-26(32-29(34)39)22-7-4-3-5-8-22/h3-13,16,26H,14-15,17-21H2,1-2H3,(H,31,37)(H,32,39). The van der Waals surface area contributed by atoms with Gasteiger partial charge in [0.15, 0.2) is 5.11 Å². The summed E-state index contributed by atoms with van der Waals surface area (Å²) in [4.78, 5) is 33.9. The molecule has 0 radical (unpaired) electrons. The van der Waals surface area contributed by atoms with E-state index in [2.05, 4.69) is 22.8 Å². The first-order valence-corrected chi connectivity index (χ1v) is 15.0. The van der Waals surface area contributed by atoms with Crippen molar-refractivity contribution in [3.8, 4) is 0 Å². The molecule has 1 unspecified atom stereocenters. The first-order chi connectivity index (χ1) is 19.4. The second-order valence-corrected chi connectivity index (χ2v) is 12.0. The maximum absolute atomic E-state index is 14.2. The van der Waals surface area contributed by atoms with Crippen LogP contribution in [-0.4, -0.2) is 71.0 Å². The van der Waals surface area contributed by atoms with Gasteiger partial charge in [0.1, 0.15) is 11.3 Å². The lowest BCUT2D eigenvalue weighted by molar-refractivity contribution is -0.147. The molecule has 2 aromatic carbocycles. The Hall–Kier alpha value is -3.50. The maximum atomic E-state index is 14.2. The molecule has 3 aromatic rings. The fraction of sp³-hybridized carbons (Fsp3) is 0.367. The van der Waals surface area contributed by atoms with Gasteiger partial charge in [0, 0.05) is 32.0 Å². The van der Waals surface area contributed by atoms with E-state index in [0.29, 0.717) is 35.9 Å². The highest BCUT2D eigenvalue weighted by atomic mass is 32.2. The van der Waals surface area contributed by atoms with E-state index in [-0.39, 0.29) is 30.9 Å². The Morgan fingerprint density at radius 3 is 2.45 bits per heavy atom. The van der Waals surface area contributed by atoms with E-state index in [4.69, 9.17) is 16.6 Å². The minimum absolute atomic E-state index is 0.00787. The van der Waals surface area contributed by atoms with Gasteiger partial charge in [0.05, 0.1) is 25.4 Å². The van der Waals surface area contributed by atoms with E-state index >= 15 is 0 Å². The summed E-state index contributed by atoms with van der Waals surface area (Å²) < 4.78 is 5.66. The number of nitrogens with zero attached hydrogens (tertiary/aromatic N) is 3. The van der Waals surface area contributed by atoms with Crippen molar-refractivity contribution in [1.82, 2.24) is 15.1 Å². The highest BCUT2D eigenvalue weighted by Crippen LogP contribution is 2.36. The normalized spacial score (nSPS) is 18.2. The van der Waals surface area contributed by atoms with Crippen molar-refractivity contribution in [3.05, 3.63) is 84.3 Å². The zero-order valence-corrected chi connectivity index (χ0v) is 24.5. The SMILES string of the molecule is CN(C)c1ccc(NC(=O)C2(N(Cc3ccco3)C(=O)CN3CC(c4ccccc4)NC3=S)CCSCC2)cc1. The van der Waals surface area contributed by atoms with Gasteiger partial charge in [0.2, 0.25) is 11.8 Å². The Bertz CT molecular complexity index is 1310. The lowest BCUT2D eigenvalue weighted by Gasteiger charge is -2.45. The van der Waals surface area contributed by atoms with Crippen LogP contribution in [0.3, 0.4) is 0 Å². The molecule has 8 nitrogen and oxygen atoms in total. The third kappa shape index (κ3) is 6.13. The molecule has 2 aliphatic heterocycles. The van der Waals surface area contributed by atoms with Crippen molar-refractivity contribution < 1.29 is 14.0 Å². The fourth-order valence-corrected chi connectivity index (χ4v) is 6.75. The van der Waals surface area contributed by atoms with Crippen molar-refractivity contribution in [2.24, 2.45) is 0 Å². The van der Waals surface area contributed by atoms with Gasteiger partial charge >= 0.3 is 0 Å². The number of carbonyl (C=O) groups excluding carboxylic acids is 2. The number of amides is 2. The zero-order chi connectivity index (χ0) is 28.1. The van der Waals surface area contributed by atoms with Crippen LogP contribution >= 0.6 is 24.0 Å². The van der Waals surface area contributed by atoms with Gasteiger partial charge < -0.3 is 29.8 Å². The summed E-state index contributed by atoms with van der Waals surface area (Å²) in [7, 11) is 3.95. The van der Waals surface area contributed by atoms with Gasteiger partial charge in [-0.2, -0.15) is 11.8 Å². The molecular formula is C30H35N5O3S2. The topological polar surface area (TPSA) is 81.1 Å². The zero-order valence-electron chi connectivity index (χ0n) is 22.8. The molecule has 0 aliphatic carbocycles. The Morgan fingerprint density at radius 2 is 1.80 bits per heavy atom. The number of furan rings is 1. The summed E-state index contributed by atoms with van der Waals surface area (Å²) in [5.41, 5.74) is 1.85. The van der Waals surface area contributed by atoms with Crippen LogP contribution < -0.4 is 15.5 Å². The average molecular weight is 578 g/mol. The molecule has 1 atom stereocenters. The third-order valence-corrected chi connectivity index (χ3v) is 8.97. The van der Waals surface area contributed by atoms with E-state index in [0.717, 1.165) is 22.8 Å². The van der Waals surface area contributed by atoms with Gasteiger partial charge in [-0.15, -0.1) is 0 Å². The van der Waals surface area contributed by atoms with E-state index in [1.807, 2.05) is 72.4 Å². The molecular weight excluding hydrogens is 542 g/mol. The Kier molecular flexibility index (Phi) is 8.66. The molecule has 3 heterocycles. The molecule has 10 heteroatoms. The lowest BCUT2D eigenvalue weighted by atomic mass is 9.88. The summed E-state index contributed by atoms with van der Waals surface area (Å²) >= 11 is 7.44. The number of nitrogens with one attached hydrogen (secondary N) is 2. The van der Waals surface area contributed by atoms with E-state index < -0.39 is 5.54 Å². The third-order valence-electron chi connectivity index (χ3n) is 7.61. The first kappa shape index (κ1) is 28.0. The van der Waals surface area contributed by atoms with Crippen molar-refractivity contribution in [3.63, 3.8) is 0 Å². The van der Waals surface area contributed by atoms with E-state index in [1.165, 1.54) is 0 Å². The number of anilines is 2. The van der Waals surface area contributed by atoms with Gasteiger partial charge in [-0.25, -0.2) is 0 Å². The average Bonchev–Trinajstić information content (AvgIpc) is 3.62. The molecule has 1 aromatic heterocycles. The molecule has 210 valence electrons. The quantitative estimate of drug-likeness (QED) is 0.360. The molecule has 0 spiro atoms. The monoisotopic (exact) mass is 577 g/mol. The number of hydrogen-bond acceptors (Lipinski definition) is 6. The molecule has 5 rings (SSSR count). The number of rotatable bonds is 9. The molecule has 0 saturated carbocycles. The maximum Gasteiger partial charge on any atom is 0.250 e. The van der Waals surface area contributed by atoms with Gasteiger partial charge in [-0.05, 0) is 78.5 Å². The van der Waals surface area contributed by atoms with E-state index in [9.17, 15) is 9.59 Å². The molecule has 2 N–H and O–H groups in total. The fourth-order valence-electron chi connectivity index (χ4n) is 5.30. The molecule has 2 aliphatic rings. The summed E-state index contributed by atoms with van der Waals surface area (Å²) in [5, 5.41) is 7.01. The smallest absolute Gasteiger partial charge is 0.250 e. The second-order valence-electron chi connectivity index (χ2n) is 10.4. The van der Waals surface area contributed by atoms with Crippen LogP contribution in [0.2, 0.25) is 0 Å². The van der Waals surface area contributed by atoms with Crippen LogP contribution in [0.4, 0.5) is 11.4 Å². The summed E-state index contributed by atoms with van der Waals surface area (Å²) in [5.74, 6) is 1.89. The highest BCUT2D eigenvalue weighted by Gasteiger charge is 2.48. The molecule has 40 heavy (non-hydrogen) atoms. The number of hydrogen-bond donors (Lipinski definition) is 2. The molecule has 0 bridgehead atoms. The summed E-state index contributed by atoms with van der Waals surface area (Å²) in [6.45, 7) is 0.867. The van der Waals surface area contributed by atoms with Crippen LogP contribution in [0.5, 0.6) is 0 Å². The minimum Gasteiger partial charge on any atom is -0.467 e. The summed E-state index contributed by atoms with van der Waals surface area (Å²) in [6, 6.07) is 21.5. The Labute approximate surface area is 245 Å². The highest BCUT2D eigenvalue weighted by molar-refractivity contribution is 7.99. The van der Waals surface area contributed by atoms with Gasteiger partial charge in [-0.3, -0.25) is 9.59 Å². The molecule has 2 amide bonds. The Morgan fingerprint density at radius 1 is 1.07 bits per heavy atom. The van der Waals surface area contributed by atoms with Crippen LogP contribution in [0, 0.1) is 0 Å². The van der Waals surface area contributed by atoms with Crippen LogP contribution in [-0.2, 0) is 16.1 Å². The van der Waals surface area contributed by atoms with Crippen molar-refractivity contribution in [2.45, 2.75) is 31.0 Å². The summed E-state index contributed by atoms with van der Waals surface area (Å²) in [6.07, 6.45) is 2.71. The van der Waals surface area contributed by atoms with Crippen LogP contribution in [0.15, 0.2) is 77.4 Å². The lowest BCUT2D eigenvalue weighted by Crippen LogP contribution is -2.61. The van der Waals surface area contributed by atoms with E-state index in [1.54, 1.807) is 29.0 Å². The van der Waals surface area contributed by atoms with Gasteiger partial charge in [-0.1, -0.05) is 30.3 Å². The van der Waals surface area contributed by atoms with Crippen LogP contribution in [0.25, 0.3) is 0 Å². The second kappa shape index (κ2) is 12.3. The predicted molar refractivity (Wildman–Crippen MR) is 164 cm³/mol. The minimum atomic E-state index is -1.01. The van der Waals surface area contributed by atoms with Gasteiger partial charge in [0.25, 0.3) is 0 Å². The largest absolute Gasteiger partial charge is 0.467 e. The molecule has 2 fully saturated rings. The number of thiocarbonyl (C=S) groups is 1. The number of thioether (sulfide) groups is 1. The van der Waals surface area contributed by atoms with Crippen molar-refractivity contribution >= 4 is 52.3 Å². The van der Waals surface area contributed by atoms with Crippen molar-refractivity contribution in [2.75, 3.05) is 48.9 Å². The Balaban J connectivity index is 1.40. The predicted octanol–water partition coefficient (Wildman–Crippen LogP) is 4.51. The number of carbonyl (C=O) groups is 2. The van der Waals surface area contributed by atoms with Crippen molar-refractivity contribution in [1.29, 1.82) is 0 Å².